The summed E-state index contributed by atoms with van der Waals surface area (Å²) in [6.07, 6.45) is 7.83. The molecule has 2 fully saturated rings. The summed E-state index contributed by atoms with van der Waals surface area (Å²) in [6, 6.07) is 4.26. The number of aliphatic hydroxyl groups excluding tert-OH is 2. The van der Waals surface area contributed by atoms with Crippen LogP contribution in [0.25, 0.3) is 10.6 Å². The number of aromatic nitrogens is 2. The minimum Gasteiger partial charge on any atom is -0.396 e. The Balaban J connectivity index is 1.58. The molecule has 0 saturated heterocycles. The lowest BCUT2D eigenvalue weighted by molar-refractivity contribution is -0.144. The third-order valence-corrected chi connectivity index (χ3v) is 9.28. The largest absolute Gasteiger partial charge is 0.396 e. The molecule has 3 N–H and O–H groups in total. The van der Waals surface area contributed by atoms with Gasteiger partial charge in [-0.3, -0.25) is 9.78 Å². The third kappa shape index (κ3) is 3.51. The number of aliphatic hydroxyl groups is 2. The predicted molar refractivity (Wildman–Crippen MR) is 120 cm³/mol. The van der Waals surface area contributed by atoms with Gasteiger partial charge in [-0.15, -0.1) is 11.3 Å². The number of nitrogens with one attached hydrogen (secondary N) is 1. The second kappa shape index (κ2) is 7.64. The monoisotopic (exact) mass is 441 g/mol. The molecule has 31 heavy (non-hydrogen) atoms. The average Bonchev–Trinajstić information content (AvgIpc) is 3.48. The first-order valence-corrected chi connectivity index (χ1v) is 12.1. The van der Waals surface area contributed by atoms with E-state index < -0.39 is 11.5 Å². The summed E-state index contributed by atoms with van der Waals surface area (Å²) in [6.45, 7) is 4.20. The average molecular weight is 442 g/mol. The molecule has 2 aromatic rings. The highest BCUT2D eigenvalue weighted by atomic mass is 32.1. The lowest BCUT2D eigenvalue weighted by Gasteiger charge is -2.58. The van der Waals surface area contributed by atoms with E-state index in [4.69, 9.17) is 4.98 Å². The van der Waals surface area contributed by atoms with Crippen LogP contribution in [0.5, 0.6) is 0 Å². The molecule has 2 aromatic heterocycles. The fourth-order valence-corrected chi connectivity index (χ4v) is 7.12. The van der Waals surface area contributed by atoms with Gasteiger partial charge in [-0.05, 0) is 55.6 Å². The van der Waals surface area contributed by atoms with Crippen LogP contribution in [-0.4, -0.2) is 44.8 Å². The van der Waals surface area contributed by atoms with Gasteiger partial charge in [0, 0.05) is 46.6 Å². The van der Waals surface area contributed by atoms with Gasteiger partial charge in [-0.25, -0.2) is 4.98 Å². The zero-order chi connectivity index (χ0) is 21.8. The summed E-state index contributed by atoms with van der Waals surface area (Å²) in [7, 11) is 0. The van der Waals surface area contributed by atoms with Crippen LogP contribution < -0.4 is 5.32 Å². The summed E-state index contributed by atoms with van der Waals surface area (Å²) in [5.74, 6) is 0.148. The third-order valence-electron chi connectivity index (χ3n) is 8.13. The van der Waals surface area contributed by atoms with Crippen LogP contribution in [0.1, 0.15) is 62.4 Å². The molecule has 0 aromatic carbocycles. The van der Waals surface area contributed by atoms with Crippen molar-refractivity contribution in [3.8, 4) is 10.6 Å². The van der Waals surface area contributed by atoms with Gasteiger partial charge in [0.2, 0.25) is 5.91 Å². The number of hydrogen-bond acceptors (Lipinski definition) is 6. The van der Waals surface area contributed by atoms with E-state index in [9.17, 15) is 15.0 Å². The molecule has 5 rings (SSSR count). The van der Waals surface area contributed by atoms with Gasteiger partial charge < -0.3 is 15.5 Å². The van der Waals surface area contributed by atoms with Gasteiger partial charge in [0.05, 0.1) is 18.4 Å². The van der Waals surface area contributed by atoms with Crippen LogP contribution in [-0.2, 0) is 11.2 Å². The molecular formula is C24H31N3O3S. The number of rotatable bonds is 5. The van der Waals surface area contributed by atoms with Gasteiger partial charge in [0.1, 0.15) is 5.01 Å². The Morgan fingerprint density at radius 2 is 2.13 bits per heavy atom. The zero-order valence-corrected chi connectivity index (χ0v) is 19.0. The van der Waals surface area contributed by atoms with E-state index in [-0.39, 0.29) is 29.8 Å². The van der Waals surface area contributed by atoms with Crippen molar-refractivity contribution < 1.29 is 15.0 Å². The molecule has 0 radical (unpaired) electrons. The minimum atomic E-state index is -0.589. The van der Waals surface area contributed by atoms with Crippen LogP contribution >= 0.6 is 11.3 Å². The van der Waals surface area contributed by atoms with Gasteiger partial charge in [0.25, 0.3) is 0 Å². The number of thiazole rings is 1. The minimum absolute atomic E-state index is 0.0277. The SMILES string of the molecule is CC1(CO)C(O)CCC2(C)C(CC(=O)NC3CC3)c3nc(-c4cccnc4)sc3CC12. The smallest absolute Gasteiger partial charge is 0.220 e. The lowest BCUT2D eigenvalue weighted by atomic mass is 9.47. The lowest BCUT2D eigenvalue weighted by Crippen LogP contribution is -2.57. The van der Waals surface area contributed by atoms with Crippen molar-refractivity contribution >= 4 is 17.2 Å². The summed E-state index contributed by atoms with van der Waals surface area (Å²) < 4.78 is 0. The molecule has 2 heterocycles. The van der Waals surface area contributed by atoms with Crippen molar-refractivity contribution in [2.24, 2.45) is 16.7 Å². The first kappa shape index (κ1) is 21.0. The molecule has 0 spiro atoms. The highest BCUT2D eigenvalue weighted by Gasteiger charge is 2.59. The van der Waals surface area contributed by atoms with E-state index in [1.807, 2.05) is 25.3 Å². The van der Waals surface area contributed by atoms with Gasteiger partial charge in [0.15, 0.2) is 0 Å². The fourth-order valence-electron chi connectivity index (χ4n) is 5.96. The van der Waals surface area contributed by atoms with E-state index in [0.717, 1.165) is 41.9 Å². The highest BCUT2D eigenvalue weighted by molar-refractivity contribution is 7.15. The molecule has 2 saturated carbocycles. The molecule has 3 aliphatic rings. The zero-order valence-electron chi connectivity index (χ0n) is 18.2. The number of carbonyl (C=O) groups excluding carboxylic acids is 1. The first-order valence-electron chi connectivity index (χ1n) is 11.3. The molecule has 3 aliphatic carbocycles. The second-order valence-corrected chi connectivity index (χ2v) is 11.2. The molecule has 0 bridgehead atoms. The number of pyridine rings is 1. The summed E-state index contributed by atoms with van der Waals surface area (Å²) in [5.41, 5.74) is 1.23. The molecule has 166 valence electrons. The molecule has 0 aliphatic heterocycles. The molecule has 5 unspecified atom stereocenters. The molecule has 5 atom stereocenters. The first-order chi connectivity index (χ1) is 14.8. The van der Waals surface area contributed by atoms with Crippen molar-refractivity contribution in [2.75, 3.05) is 6.61 Å². The Morgan fingerprint density at radius 1 is 1.32 bits per heavy atom. The molecule has 7 heteroatoms. The van der Waals surface area contributed by atoms with Crippen molar-refractivity contribution in [1.29, 1.82) is 0 Å². The van der Waals surface area contributed by atoms with Crippen LogP contribution in [0.15, 0.2) is 24.5 Å². The van der Waals surface area contributed by atoms with Crippen molar-refractivity contribution in [3.05, 3.63) is 35.1 Å². The molecule has 6 nitrogen and oxygen atoms in total. The Kier molecular flexibility index (Phi) is 5.19. The fraction of sp³-hybridized carbons (Fsp3) is 0.625. The highest BCUT2D eigenvalue weighted by Crippen LogP contribution is 2.62. The number of nitrogens with zero attached hydrogens (tertiary/aromatic N) is 2. The van der Waals surface area contributed by atoms with Crippen LogP contribution in [0, 0.1) is 16.7 Å². The summed E-state index contributed by atoms with van der Waals surface area (Å²) in [4.78, 5) is 23.4. The van der Waals surface area contributed by atoms with E-state index in [1.54, 1.807) is 17.5 Å². The maximum absolute atomic E-state index is 12.9. The second-order valence-electron chi connectivity index (χ2n) is 10.1. The maximum Gasteiger partial charge on any atom is 0.220 e. The standard InChI is InChI=1S/C24H31N3O3S/c1-23-8-7-19(29)24(2,13-28)18(23)11-17-21(16(23)10-20(30)26-15-5-6-15)27-22(31-17)14-4-3-9-25-12-14/h3-4,9,12,15-16,18-19,28-29H,5-8,10-11,13H2,1-2H3,(H,26,30). The van der Waals surface area contributed by atoms with Gasteiger partial charge in [-0.1, -0.05) is 13.8 Å². The van der Waals surface area contributed by atoms with Crippen molar-refractivity contribution in [1.82, 2.24) is 15.3 Å². The Morgan fingerprint density at radius 3 is 2.81 bits per heavy atom. The van der Waals surface area contributed by atoms with E-state index in [2.05, 4.69) is 17.2 Å². The Bertz CT molecular complexity index is 976. The van der Waals surface area contributed by atoms with Crippen LogP contribution in [0.3, 0.4) is 0 Å². The summed E-state index contributed by atoms with van der Waals surface area (Å²) >= 11 is 1.67. The van der Waals surface area contributed by atoms with E-state index in [0.29, 0.717) is 18.9 Å². The Hall–Kier alpha value is -1.83. The predicted octanol–water partition coefficient (Wildman–Crippen LogP) is 3.29. The Labute approximate surface area is 187 Å². The number of carbonyl (C=O) groups is 1. The van der Waals surface area contributed by atoms with Gasteiger partial charge >= 0.3 is 0 Å². The normalized spacial score (nSPS) is 34.6. The van der Waals surface area contributed by atoms with Crippen LogP contribution in [0.2, 0.25) is 0 Å². The van der Waals surface area contributed by atoms with E-state index >= 15 is 0 Å². The number of hydrogen-bond donors (Lipinski definition) is 3. The number of fused-ring (bicyclic) bond motifs is 2. The van der Waals surface area contributed by atoms with E-state index in [1.165, 1.54) is 4.88 Å². The quantitative estimate of drug-likeness (QED) is 0.662. The summed E-state index contributed by atoms with van der Waals surface area (Å²) in [5, 5.41) is 25.3. The molecule has 1 amide bonds. The van der Waals surface area contributed by atoms with Crippen molar-refractivity contribution in [2.45, 2.75) is 70.4 Å². The van der Waals surface area contributed by atoms with Crippen LogP contribution in [0.4, 0.5) is 0 Å². The molecular weight excluding hydrogens is 410 g/mol. The van der Waals surface area contributed by atoms with Crippen molar-refractivity contribution in [3.63, 3.8) is 0 Å². The van der Waals surface area contributed by atoms with Gasteiger partial charge in [-0.2, -0.15) is 0 Å². The topological polar surface area (TPSA) is 95.3 Å². The maximum atomic E-state index is 12.9. The number of amides is 1.